The second-order valence-corrected chi connectivity index (χ2v) is 10.3. The summed E-state index contributed by atoms with van der Waals surface area (Å²) in [5.74, 6) is 1.07. The normalized spacial score (nSPS) is 21.3. The number of sulfone groups is 1. The maximum absolute atomic E-state index is 11.4. The third-order valence-electron chi connectivity index (χ3n) is 5.13. The van der Waals surface area contributed by atoms with Crippen LogP contribution in [0.15, 0.2) is 29.3 Å². The Hall–Kier alpha value is -1.56. The van der Waals surface area contributed by atoms with E-state index in [9.17, 15) is 8.42 Å². The molecular formula is C21H35N3O2S. The number of hydrogen-bond acceptors (Lipinski definition) is 3. The molecule has 1 heterocycles. The maximum atomic E-state index is 11.4. The quantitative estimate of drug-likeness (QED) is 0.568. The zero-order chi connectivity index (χ0) is 19.9. The summed E-state index contributed by atoms with van der Waals surface area (Å²) in [4.78, 5) is 7.25. The SMILES string of the molecule is CCCC1(C)CCCN(C(=NCc2ccc(CS(C)(=O)=O)cc2)NCC)C1. The van der Waals surface area contributed by atoms with Gasteiger partial charge in [-0.25, -0.2) is 13.4 Å². The zero-order valence-corrected chi connectivity index (χ0v) is 18.1. The number of aliphatic imine (C=N–C) groups is 1. The van der Waals surface area contributed by atoms with Gasteiger partial charge in [0.25, 0.3) is 0 Å². The molecule has 0 spiro atoms. The van der Waals surface area contributed by atoms with Gasteiger partial charge in [-0.3, -0.25) is 0 Å². The van der Waals surface area contributed by atoms with Crippen LogP contribution < -0.4 is 5.32 Å². The maximum Gasteiger partial charge on any atom is 0.194 e. The summed E-state index contributed by atoms with van der Waals surface area (Å²) in [5, 5.41) is 3.44. The molecule has 6 heteroatoms. The van der Waals surface area contributed by atoms with Crippen molar-refractivity contribution >= 4 is 15.8 Å². The predicted molar refractivity (Wildman–Crippen MR) is 114 cm³/mol. The molecule has 0 amide bonds. The molecule has 0 radical (unpaired) electrons. The Morgan fingerprint density at radius 1 is 1.22 bits per heavy atom. The molecule has 1 saturated heterocycles. The third kappa shape index (κ3) is 7.17. The second kappa shape index (κ2) is 9.58. The van der Waals surface area contributed by atoms with Crippen LogP contribution in [0.25, 0.3) is 0 Å². The fraction of sp³-hybridized carbons (Fsp3) is 0.667. The molecule has 0 aliphatic carbocycles. The van der Waals surface area contributed by atoms with Gasteiger partial charge in [0.05, 0.1) is 12.3 Å². The Morgan fingerprint density at radius 2 is 1.89 bits per heavy atom. The Morgan fingerprint density at radius 3 is 2.48 bits per heavy atom. The Kier molecular flexibility index (Phi) is 7.71. The average Bonchev–Trinajstić information content (AvgIpc) is 2.58. The van der Waals surface area contributed by atoms with Crippen molar-refractivity contribution in [1.29, 1.82) is 0 Å². The fourth-order valence-corrected chi connectivity index (χ4v) is 4.74. The molecule has 1 aromatic rings. The van der Waals surface area contributed by atoms with Crippen LogP contribution in [0, 0.1) is 5.41 Å². The molecule has 0 aromatic heterocycles. The van der Waals surface area contributed by atoms with E-state index < -0.39 is 9.84 Å². The van der Waals surface area contributed by atoms with Crippen molar-refractivity contribution in [2.75, 3.05) is 25.9 Å². The monoisotopic (exact) mass is 393 g/mol. The lowest BCUT2D eigenvalue weighted by molar-refractivity contribution is 0.142. The van der Waals surface area contributed by atoms with E-state index in [0.29, 0.717) is 12.0 Å². The number of benzene rings is 1. The minimum atomic E-state index is -3.00. The minimum Gasteiger partial charge on any atom is -0.357 e. The molecule has 1 atom stereocenters. The van der Waals surface area contributed by atoms with Crippen molar-refractivity contribution in [3.8, 4) is 0 Å². The van der Waals surface area contributed by atoms with Crippen molar-refractivity contribution in [2.24, 2.45) is 10.4 Å². The Labute approximate surface area is 165 Å². The van der Waals surface area contributed by atoms with Gasteiger partial charge in [-0.1, -0.05) is 44.5 Å². The topological polar surface area (TPSA) is 61.8 Å². The first kappa shape index (κ1) is 21.7. The van der Waals surface area contributed by atoms with Crippen LogP contribution in [-0.4, -0.2) is 45.2 Å². The molecule has 1 aliphatic heterocycles. The smallest absolute Gasteiger partial charge is 0.194 e. The van der Waals surface area contributed by atoms with Crippen LogP contribution >= 0.6 is 0 Å². The number of nitrogens with zero attached hydrogens (tertiary/aromatic N) is 2. The molecule has 1 unspecified atom stereocenters. The number of nitrogens with one attached hydrogen (secondary N) is 1. The van der Waals surface area contributed by atoms with Crippen LogP contribution in [0.2, 0.25) is 0 Å². The van der Waals surface area contributed by atoms with E-state index in [2.05, 4.69) is 31.0 Å². The molecule has 1 N–H and O–H groups in total. The highest BCUT2D eigenvalue weighted by molar-refractivity contribution is 7.89. The van der Waals surface area contributed by atoms with E-state index in [1.807, 2.05) is 24.3 Å². The van der Waals surface area contributed by atoms with Crippen LogP contribution in [0.1, 0.15) is 57.6 Å². The molecular weight excluding hydrogens is 358 g/mol. The van der Waals surface area contributed by atoms with Gasteiger partial charge in [-0.05, 0) is 42.7 Å². The van der Waals surface area contributed by atoms with Gasteiger partial charge < -0.3 is 10.2 Å². The first-order valence-corrected chi connectivity index (χ1v) is 12.1. The molecule has 152 valence electrons. The Balaban J connectivity index is 2.06. The van der Waals surface area contributed by atoms with Crippen LogP contribution in [0.5, 0.6) is 0 Å². The number of piperidine rings is 1. The number of guanidine groups is 1. The summed E-state index contributed by atoms with van der Waals surface area (Å²) in [7, 11) is -3.00. The van der Waals surface area contributed by atoms with E-state index in [4.69, 9.17) is 4.99 Å². The second-order valence-electron chi connectivity index (χ2n) is 8.14. The molecule has 1 aromatic carbocycles. The summed E-state index contributed by atoms with van der Waals surface area (Å²) < 4.78 is 22.8. The Bertz CT molecular complexity index is 724. The van der Waals surface area contributed by atoms with Gasteiger partial charge in [-0.15, -0.1) is 0 Å². The van der Waals surface area contributed by atoms with Gasteiger partial charge in [0.2, 0.25) is 0 Å². The van der Waals surface area contributed by atoms with Gasteiger partial charge in [0.1, 0.15) is 0 Å². The lowest BCUT2D eigenvalue weighted by Gasteiger charge is -2.42. The minimum absolute atomic E-state index is 0.0863. The summed E-state index contributed by atoms with van der Waals surface area (Å²) in [6, 6.07) is 7.73. The zero-order valence-electron chi connectivity index (χ0n) is 17.3. The number of hydrogen-bond donors (Lipinski definition) is 1. The summed E-state index contributed by atoms with van der Waals surface area (Å²) in [6.07, 6.45) is 6.24. The fourth-order valence-electron chi connectivity index (χ4n) is 3.94. The molecule has 27 heavy (non-hydrogen) atoms. The molecule has 0 saturated carbocycles. The highest BCUT2D eigenvalue weighted by atomic mass is 32.2. The lowest BCUT2D eigenvalue weighted by Crippen LogP contribution is -2.49. The summed E-state index contributed by atoms with van der Waals surface area (Å²) in [5.41, 5.74) is 2.29. The number of likely N-dealkylation sites (tertiary alicyclic amines) is 1. The standard InChI is InChI=1S/C21H35N3O2S/c1-5-12-21(3)13-7-14-24(17-21)20(22-6-2)23-15-18-8-10-19(11-9-18)16-27(4,25)26/h8-11H,5-7,12-17H2,1-4H3,(H,22,23). The van der Waals surface area contributed by atoms with Crippen LogP contribution in [-0.2, 0) is 22.1 Å². The molecule has 5 nitrogen and oxygen atoms in total. The average molecular weight is 394 g/mol. The first-order chi connectivity index (χ1) is 12.7. The molecule has 2 rings (SSSR count). The predicted octanol–water partition coefficient (Wildman–Crippen LogP) is 3.60. The lowest BCUT2D eigenvalue weighted by atomic mass is 9.78. The van der Waals surface area contributed by atoms with E-state index in [0.717, 1.165) is 36.7 Å². The molecule has 1 fully saturated rings. The summed E-state index contributed by atoms with van der Waals surface area (Å²) in [6.45, 7) is 10.3. The van der Waals surface area contributed by atoms with E-state index >= 15 is 0 Å². The third-order valence-corrected chi connectivity index (χ3v) is 5.99. The number of rotatable bonds is 7. The van der Waals surface area contributed by atoms with Crippen LogP contribution in [0.3, 0.4) is 0 Å². The van der Waals surface area contributed by atoms with Gasteiger partial charge >= 0.3 is 0 Å². The first-order valence-electron chi connectivity index (χ1n) is 10.0. The van der Waals surface area contributed by atoms with E-state index in [1.165, 1.54) is 31.9 Å². The van der Waals surface area contributed by atoms with Crippen molar-refractivity contribution in [3.05, 3.63) is 35.4 Å². The summed E-state index contributed by atoms with van der Waals surface area (Å²) >= 11 is 0. The van der Waals surface area contributed by atoms with Gasteiger partial charge in [0.15, 0.2) is 15.8 Å². The van der Waals surface area contributed by atoms with Crippen LogP contribution in [0.4, 0.5) is 0 Å². The van der Waals surface area contributed by atoms with Crippen molar-refractivity contribution in [2.45, 2.75) is 58.8 Å². The van der Waals surface area contributed by atoms with Gasteiger partial charge in [-0.2, -0.15) is 0 Å². The molecule has 0 bridgehead atoms. The highest BCUT2D eigenvalue weighted by Crippen LogP contribution is 2.33. The van der Waals surface area contributed by atoms with Crippen molar-refractivity contribution < 1.29 is 8.42 Å². The van der Waals surface area contributed by atoms with Crippen molar-refractivity contribution in [1.82, 2.24) is 10.2 Å². The van der Waals surface area contributed by atoms with Crippen molar-refractivity contribution in [3.63, 3.8) is 0 Å². The highest BCUT2D eigenvalue weighted by Gasteiger charge is 2.31. The van der Waals surface area contributed by atoms with Gasteiger partial charge in [0, 0.05) is 25.9 Å². The molecule has 1 aliphatic rings. The van der Waals surface area contributed by atoms with E-state index in [-0.39, 0.29) is 5.75 Å². The largest absolute Gasteiger partial charge is 0.357 e. The van der Waals surface area contributed by atoms with E-state index in [1.54, 1.807) is 0 Å².